The van der Waals surface area contributed by atoms with Crippen LogP contribution in [0.5, 0.6) is 0 Å². The van der Waals surface area contributed by atoms with E-state index in [1.165, 1.54) is 0 Å². The van der Waals surface area contributed by atoms with Gasteiger partial charge in [0.1, 0.15) is 0 Å². The van der Waals surface area contributed by atoms with Crippen LogP contribution in [-0.4, -0.2) is 11.9 Å². The Bertz CT molecular complexity index is 326. The van der Waals surface area contributed by atoms with Crippen molar-refractivity contribution >= 4 is 11.9 Å². The first kappa shape index (κ1) is 29.4. The van der Waals surface area contributed by atoms with Crippen LogP contribution < -0.4 is 10.2 Å². The van der Waals surface area contributed by atoms with Crippen molar-refractivity contribution in [1.29, 1.82) is 0 Å². The van der Waals surface area contributed by atoms with Gasteiger partial charge in [0.25, 0.3) is 0 Å². The Balaban J connectivity index is -0.000000372. The van der Waals surface area contributed by atoms with Crippen molar-refractivity contribution in [2.75, 3.05) is 0 Å². The summed E-state index contributed by atoms with van der Waals surface area (Å²) in [6.45, 7) is 11.6. The molecule has 0 spiro atoms. The Morgan fingerprint density at radius 3 is 1.12 bits per heavy atom. The summed E-state index contributed by atoms with van der Waals surface area (Å²) in [4.78, 5) is 21.5. The molecule has 0 aromatic rings. The molecule has 0 amide bonds. The number of carbonyl (C=O) groups excluding carboxylic acids is 2. The van der Waals surface area contributed by atoms with Crippen LogP contribution >= 0.6 is 0 Å². The summed E-state index contributed by atoms with van der Waals surface area (Å²) in [5.41, 5.74) is -1.20. The van der Waals surface area contributed by atoms with E-state index in [-0.39, 0.29) is 20.4 Å². The number of carboxylic acid groups (broad SMARTS) is 2. The second kappa shape index (κ2) is 15.8. The fourth-order valence-corrected chi connectivity index (χ4v) is 2.38. The largest absolute Gasteiger partial charge is 2.00 e. The number of unbranched alkanes of at least 4 members (excludes halogenated alkanes) is 4. The molecule has 0 radical (unpaired) electrons. The quantitative estimate of drug-likeness (QED) is 0.338. The van der Waals surface area contributed by atoms with Crippen LogP contribution in [-0.2, 0) is 30.0 Å². The zero-order valence-electron chi connectivity index (χ0n) is 17.0. The molecule has 2 unspecified atom stereocenters. The molecule has 25 heavy (non-hydrogen) atoms. The molecule has 152 valence electrons. The maximum Gasteiger partial charge on any atom is 2.00 e. The first-order chi connectivity index (χ1) is 11.1. The van der Waals surface area contributed by atoms with Gasteiger partial charge in [0, 0.05) is 22.8 Å². The maximum atomic E-state index is 10.7. The molecule has 0 aromatic carbocycles. The van der Waals surface area contributed by atoms with Gasteiger partial charge in [-0.15, -0.1) is 0 Å². The number of rotatable bonds is 12. The maximum absolute atomic E-state index is 10.7. The van der Waals surface area contributed by atoms with Gasteiger partial charge in [0.05, 0.1) is 0 Å². The second-order valence-electron chi connectivity index (χ2n) is 7.32. The van der Waals surface area contributed by atoms with Crippen molar-refractivity contribution in [3.8, 4) is 0 Å². The van der Waals surface area contributed by atoms with Gasteiger partial charge >= 0.3 is 20.4 Å². The van der Waals surface area contributed by atoms with E-state index in [1.807, 2.05) is 13.8 Å². The van der Waals surface area contributed by atoms with Gasteiger partial charge in [-0.2, -0.15) is 0 Å². The SMILES string of the molecule is CCCCCC(C)(CC)C(=O)[O-].CCCCCC(C)(CC)C(=O)[O-].[Pd+2]. The molecule has 0 saturated heterocycles. The fourth-order valence-electron chi connectivity index (χ4n) is 2.38. The molecule has 5 heteroatoms. The third-order valence-electron chi connectivity index (χ3n) is 5.21. The average Bonchev–Trinajstić information content (AvgIpc) is 2.55. The monoisotopic (exact) mass is 448 g/mol. The van der Waals surface area contributed by atoms with Crippen LogP contribution in [0.25, 0.3) is 0 Å². The number of carboxylic acids is 2. The van der Waals surface area contributed by atoms with E-state index < -0.39 is 22.8 Å². The summed E-state index contributed by atoms with van der Waals surface area (Å²) >= 11 is 0. The molecular weight excluding hydrogens is 411 g/mol. The molecular formula is C20H38O4Pd. The molecule has 2 atom stereocenters. The van der Waals surface area contributed by atoms with E-state index in [4.69, 9.17) is 0 Å². The zero-order chi connectivity index (χ0) is 19.2. The second-order valence-corrected chi connectivity index (χ2v) is 7.32. The van der Waals surface area contributed by atoms with Crippen LogP contribution in [0.1, 0.15) is 106 Å². The van der Waals surface area contributed by atoms with Crippen molar-refractivity contribution in [2.45, 2.75) is 106 Å². The van der Waals surface area contributed by atoms with Gasteiger partial charge < -0.3 is 19.8 Å². The van der Waals surface area contributed by atoms with E-state index in [2.05, 4.69) is 13.8 Å². The van der Waals surface area contributed by atoms with Crippen molar-refractivity contribution in [1.82, 2.24) is 0 Å². The van der Waals surface area contributed by atoms with Crippen LogP contribution in [0, 0.1) is 10.8 Å². The van der Waals surface area contributed by atoms with Crippen LogP contribution in [0.4, 0.5) is 0 Å². The Kier molecular flexibility index (Phi) is 18.6. The van der Waals surface area contributed by atoms with Gasteiger partial charge in [-0.1, -0.05) is 80.1 Å². The number of hydrogen-bond acceptors (Lipinski definition) is 4. The first-order valence-electron chi connectivity index (χ1n) is 9.56. The third-order valence-corrected chi connectivity index (χ3v) is 5.21. The van der Waals surface area contributed by atoms with E-state index in [9.17, 15) is 19.8 Å². The Morgan fingerprint density at radius 2 is 0.960 bits per heavy atom. The minimum Gasteiger partial charge on any atom is -0.550 e. The molecule has 0 rings (SSSR count). The normalized spacial score (nSPS) is 15.0. The Labute approximate surface area is 168 Å². The molecule has 0 aliphatic carbocycles. The van der Waals surface area contributed by atoms with Gasteiger partial charge in [-0.05, 0) is 25.7 Å². The molecule has 0 fully saturated rings. The number of hydrogen-bond donors (Lipinski definition) is 0. The molecule has 0 aromatic heterocycles. The number of aliphatic carboxylic acids is 2. The molecule has 0 aliphatic rings. The first-order valence-corrected chi connectivity index (χ1v) is 9.56. The van der Waals surface area contributed by atoms with E-state index in [0.29, 0.717) is 12.8 Å². The topological polar surface area (TPSA) is 80.3 Å². The van der Waals surface area contributed by atoms with Crippen molar-refractivity contribution in [3.05, 3.63) is 0 Å². The predicted molar refractivity (Wildman–Crippen MR) is 95.1 cm³/mol. The summed E-state index contributed by atoms with van der Waals surface area (Å²) < 4.78 is 0. The third kappa shape index (κ3) is 12.6. The standard InChI is InChI=1S/2C10H20O2.Pd/c2*1-4-6-7-8-10(3,5-2)9(11)12;/h2*4-8H2,1-3H3,(H,11,12);/q;;+2/p-2. The van der Waals surface area contributed by atoms with Gasteiger partial charge in [0.15, 0.2) is 0 Å². The molecule has 0 heterocycles. The summed E-state index contributed by atoms with van der Waals surface area (Å²) in [5.74, 6) is -1.80. The van der Waals surface area contributed by atoms with Crippen LogP contribution in [0.15, 0.2) is 0 Å². The summed E-state index contributed by atoms with van der Waals surface area (Å²) in [5, 5.41) is 21.5. The summed E-state index contributed by atoms with van der Waals surface area (Å²) in [7, 11) is 0. The Morgan fingerprint density at radius 1 is 0.680 bits per heavy atom. The van der Waals surface area contributed by atoms with Crippen LogP contribution in [0.3, 0.4) is 0 Å². The van der Waals surface area contributed by atoms with Crippen LogP contribution in [0.2, 0.25) is 0 Å². The van der Waals surface area contributed by atoms with Crippen molar-refractivity contribution < 1.29 is 40.2 Å². The van der Waals surface area contributed by atoms with E-state index in [1.54, 1.807) is 13.8 Å². The molecule has 0 N–H and O–H groups in total. The Hall–Kier alpha value is -0.398. The molecule has 0 bridgehead atoms. The molecule has 0 aliphatic heterocycles. The minimum absolute atomic E-state index is 0. The van der Waals surface area contributed by atoms with Gasteiger partial charge in [0.2, 0.25) is 0 Å². The fraction of sp³-hybridized carbons (Fsp3) is 0.900. The predicted octanol–water partition coefficient (Wildman–Crippen LogP) is 3.46. The minimum atomic E-state index is -0.902. The smallest absolute Gasteiger partial charge is 0.550 e. The average molecular weight is 449 g/mol. The summed E-state index contributed by atoms with van der Waals surface area (Å²) in [6, 6.07) is 0. The number of carbonyl (C=O) groups is 2. The van der Waals surface area contributed by atoms with E-state index in [0.717, 1.165) is 51.4 Å². The summed E-state index contributed by atoms with van der Waals surface area (Å²) in [6.07, 6.45) is 9.31. The van der Waals surface area contributed by atoms with Gasteiger partial charge in [-0.25, -0.2) is 0 Å². The van der Waals surface area contributed by atoms with Crippen molar-refractivity contribution in [3.63, 3.8) is 0 Å². The molecule has 4 nitrogen and oxygen atoms in total. The van der Waals surface area contributed by atoms with Gasteiger partial charge in [-0.3, -0.25) is 0 Å². The van der Waals surface area contributed by atoms with E-state index >= 15 is 0 Å². The zero-order valence-corrected chi connectivity index (χ0v) is 18.6. The molecule has 0 saturated carbocycles. The van der Waals surface area contributed by atoms with Crippen molar-refractivity contribution in [2.24, 2.45) is 10.8 Å².